The van der Waals surface area contributed by atoms with Crippen LogP contribution in [0.2, 0.25) is 0 Å². The summed E-state index contributed by atoms with van der Waals surface area (Å²) >= 11 is 1.43. The molecule has 1 amide bonds. The number of rotatable bonds is 4. The van der Waals surface area contributed by atoms with Gasteiger partial charge in [-0.2, -0.15) is 5.26 Å². The van der Waals surface area contributed by atoms with Gasteiger partial charge < -0.3 is 4.74 Å². The van der Waals surface area contributed by atoms with Gasteiger partial charge in [0, 0.05) is 4.88 Å². The highest BCUT2D eigenvalue weighted by molar-refractivity contribution is 7.15. The number of nitriles is 1. The summed E-state index contributed by atoms with van der Waals surface area (Å²) in [7, 11) is 0. The molecule has 0 bridgehead atoms. The van der Waals surface area contributed by atoms with Gasteiger partial charge in [0.2, 0.25) is 0 Å². The van der Waals surface area contributed by atoms with E-state index in [1.54, 1.807) is 24.3 Å². The van der Waals surface area contributed by atoms with Gasteiger partial charge >= 0.3 is 0 Å². The molecular weight excluding hydrogens is 274 g/mol. The van der Waals surface area contributed by atoms with Gasteiger partial charge in [-0.1, -0.05) is 6.07 Å². The number of carbonyl (C=O) groups is 1. The third-order valence-corrected chi connectivity index (χ3v) is 3.60. The number of thiazole rings is 1. The minimum absolute atomic E-state index is 0.118. The zero-order valence-corrected chi connectivity index (χ0v) is 12.0. The number of hydrogen-bond acceptors (Lipinski definition) is 5. The number of nitrogens with one attached hydrogen (secondary N) is 1. The Kier molecular flexibility index (Phi) is 4.33. The van der Waals surface area contributed by atoms with Crippen molar-refractivity contribution in [3.8, 4) is 11.8 Å². The molecule has 0 fully saturated rings. The van der Waals surface area contributed by atoms with Gasteiger partial charge in [0.15, 0.2) is 11.7 Å². The summed E-state index contributed by atoms with van der Waals surface area (Å²) in [6, 6.07) is 8.69. The van der Waals surface area contributed by atoms with Crippen LogP contribution in [-0.4, -0.2) is 17.5 Å². The summed E-state index contributed by atoms with van der Waals surface area (Å²) < 4.78 is 5.33. The highest BCUT2D eigenvalue weighted by Gasteiger charge is 2.08. The molecule has 0 spiro atoms. The summed E-state index contributed by atoms with van der Waals surface area (Å²) in [5.41, 5.74) is 1.40. The number of nitrogens with zero attached hydrogens (tertiary/aromatic N) is 2. The summed E-state index contributed by atoms with van der Waals surface area (Å²) in [4.78, 5) is 17.0. The van der Waals surface area contributed by atoms with Crippen molar-refractivity contribution in [3.63, 3.8) is 0 Å². The molecule has 0 saturated carbocycles. The van der Waals surface area contributed by atoms with Crippen molar-refractivity contribution in [2.45, 2.75) is 13.8 Å². The second kappa shape index (κ2) is 6.17. The van der Waals surface area contributed by atoms with Crippen molar-refractivity contribution >= 4 is 22.4 Å². The largest absolute Gasteiger partial charge is 0.484 e. The fourth-order valence-electron chi connectivity index (χ4n) is 1.49. The van der Waals surface area contributed by atoms with Crippen molar-refractivity contribution in [3.05, 3.63) is 40.4 Å². The van der Waals surface area contributed by atoms with Crippen LogP contribution in [0.5, 0.6) is 5.75 Å². The number of anilines is 1. The molecule has 0 saturated heterocycles. The lowest BCUT2D eigenvalue weighted by Crippen LogP contribution is -2.20. The molecule has 1 N–H and O–H groups in total. The van der Waals surface area contributed by atoms with E-state index in [-0.39, 0.29) is 12.5 Å². The quantitative estimate of drug-likeness (QED) is 0.938. The van der Waals surface area contributed by atoms with Gasteiger partial charge in [0.1, 0.15) is 5.75 Å². The van der Waals surface area contributed by atoms with Crippen LogP contribution in [0.25, 0.3) is 0 Å². The molecule has 0 aliphatic heterocycles. The molecule has 6 heteroatoms. The molecular formula is C14H13N3O2S. The average Bonchev–Trinajstić information content (AvgIpc) is 2.75. The lowest BCUT2D eigenvalue weighted by atomic mass is 10.2. The first kappa shape index (κ1) is 14.0. The summed E-state index contributed by atoms with van der Waals surface area (Å²) in [6.07, 6.45) is 0. The van der Waals surface area contributed by atoms with Crippen LogP contribution in [0.1, 0.15) is 16.1 Å². The van der Waals surface area contributed by atoms with Crippen LogP contribution in [0.15, 0.2) is 24.3 Å². The van der Waals surface area contributed by atoms with Crippen molar-refractivity contribution in [2.75, 3.05) is 11.9 Å². The van der Waals surface area contributed by atoms with Gasteiger partial charge in [-0.25, -0.2) is 4.98 Å². The molecule has 2 rings (SSSR count). The lowest BCUT2D eigenvalue weighted by molar-refractivity contribution is -0.118. The second-order valence-electron chi connectivity index (χ2n) is 4.14. The smallest absolute Gasteiger partial charge is 0.264 e. The molecule has 0 unspecified atom stereocenters. The van der Waals surface area contributed by atoms with Crippen LogP contribution in [0.4, 0.5) is 5.13 Å². The Balaban J connectivity index is 1.90. The zero-order valence-electron chi connectivity index (χ0n) is 11.1. The Bertz CT molecular complexity index is 654. The minimum Gasteiger partial charge on any atom is -0.484 e. The SMILES string of the molecule is Cc1nc(NC(=O)COc2cccc(C#N)c2)sc1C. The maximum absolute atomic E-state index is 11.7. The van der Waals surface area contributed by atoms with E-state index >= 15 is 0 Å². The number of ether oxygens (including phenoxy) is 1. The Labute approximate surface area is 120 Å². The fourth-order valence-corrected chi connectivity index (χ4v) is 2.32. The number of amides is 1. The summed E-state index contributed by atoms with van der Waals surface area (Å²) in [5.74, 6) is 0.215. The van der Waals surface area contributed by atoms with Gasteiger partial charge in [-0.05, 0) is 32.0 Å². The molecule has 0 radical (unpaired) electrons. The predicted molar refractivity (Wildman–Crippen MR) is 76.9 cm³/mol. The van der Waals surface area contributed by atoms with E-state index in [4.69, 9.17) is 10.00 Å². The number of carbonyl (C=O) groups excluding carboxylic acids is 1. The first-order chi connectivity index (χ1) is 9.58. The van der Waals surface area contributed by atoms with Crippen molar-refractivity contribution in [2.24, 2.45) is 0 Å². The number of hydrogen-bond donors (Lipinski definition) is 1. The number of benzene rings is 1. The van der Waals surface area contributed by atoms with Crippen LogP contribution < -0.4 is 10.1 Å². The molecule has 0 aliphatic carbocycles. The summed E-state index contributed by atoms with van der Waals surface area (Å²) in [6.45, 7) is 3.73. The van der Waals surface area contributed by atoms with Crippen molar-refractivity contribution in [1.82, 2.24) is 4.98 Å². The fraction of sp³-hybridized carbons (Fsp3) is 0.214. The van der Waals surface area contributed by atoms with E-state index < -0.39 is 0 Å². The first-order valence-electron chi connectivity index (χ1n) is 5.95. The van der Waals surface area contributed by atoms with Gasteiger partial charge in [0.25, 0.3) is 5.91 Å². The van der Waals surface area contributed by atoms with E-state index in [1.807, 2.05) is 19.9 Å². The van der Waals surface area contributed by atoms with E-state index in [0.717, 1.165) is 10.6 Å². The Morgan fingerprint density at radius 2 is 2.30 bits per heavy atom. The predicted octanol–water partition coefficient (Wildman–Crippen LogP) is 2.65. The van der Waals surface area contributed by atoms with E-state index in [0.29, 0.717) is 16.4 Å². The zero-order chi connectivity index (χ0) is 14.5. The molecule has 1 heterocycles. The normalized spacial score (nSPS) is 9.85. The molecule has 2 aromatic rings. The molecule has 20 heavy (non-hydrogen) atoms. The Hall–Kier alpha value is -2.39. The average molecular weight is 287 g/mol. The first-order valence-corrected chi connectivity index (χ1v) is 6.77. The molecule has 5 nitrogen and oxygen atoms in total. The lowest BCUT2D eigenvalue weighted by Gasteiger charge is -2.05. The Morgan fingerprint density at radius 3 is 2.95 bits per heavy atom. The third-order valence-electron chi connectivity index (χ3n) is 2.61. The number of aromatic nitrogens is 1. The highest BCUT2D eigenvalue weighted by atomic mass is 32.1. The van der Waals surface area contributed by atoms with Gasteiger partial charge in [0.05, 0.1) is 17.3 Å². The third kappa shape index (κ3) is 3.56. The van der Waals surface area contributed by atoms with Crippen LogP contribution in [-0.2, 0) is 4.79 Å². The maximum atomic E-state index is 11.7. The van der Waals surface area contributed by atoms with Gasteiger partial charge in [-0.15, -0.1) is 11.3 Å². The Morgan fingerprint density at radius 1 is 1.50 bits per heavy atom. The number of aryl methyl sites for hydroxylation is 2. The molecule has 0 aliphatic rings. The second-order valence-corrected chi connectivity index (χ2v) is 5.34. The topological polar surface area (TPSA) is 75.0 Å². The molecule has 0 atom stereocenters. The van der Waals surface area contributed by atoms with Crippen LogP contribution in [0.3, 0.4) is 0 Å². The van der Waals surface area contributed by atoms with Gasteiger partial charge in [-0.3, -0.25) is 10.1 Å². The van der Waals surface area contributed by atoms with Crippen LogP contribution in [0, 0.1) is 25.2 Å². The van der Waals surface area contributed by atoms with Crippen molar-refractivity contribution in [1.29, 1.82) is 5.26 Å². The van der Waals surface area contributed by atoms with E-state index in [9.17, 15) is 4.79 Å². The highest BCUT2D eigenvalue weighted by Crippen LogP contribution is 2.21. The standard InChI is InChI=1S/C14H13N3O2S/c1-9-10(2)20-14(16-9)17-13(18)8-19-12-5-3-4-11(6-12)7-15/h3-6H,8H2,1-2H3,(H,16,17,18). The monoisotopic (exact) mass is 287 g/mol. The molecule has 102 valence electrons. The molecule has 1 aromatic heterocycles. The van der Waals surface area contributed by atoms with Crippen molar-refractivity contribution < 1.29 is 9.53 Å². The molecule has 1 aromatic carbocycles. The minimum atomic E-state index is -0.277. The van der Waals surface area contributed by atoms with E-state index in [1.165, 1.54) is 11.3 Å². The van der Waals surface area contributed by atoms with Crippen LogP contribution >= 0.6 is 11.3 Å². The van der Waals surface area contributed by atoms with E-state index in [2.05, 4.69) is 10.3 Å². The summed E-state index contributed by atoms with van der Waals surface area (Å²) in [5, 5.41) is 12.0. The maximum Gasteiger partial charge on any atom is 0.264 e.